The zero-order chi connectivity index (χ0) is 23.2. The predicted molar refractivity (Wildman–Crippen MR) is 121 cm³/mol. The van der Waals surface area contributed by atoms with Crippen LogP contribution in [0.1, 0.15) is 60.3 Å². The number of hydrogen-bond donors (Lipinski definition) is 1. The summed E-state index contributed by atoms with van der Waals surface area (Å²) in [6, 6.07) is 6.96. The summed E-state index contributed by atoms with van der Waals surface area (Å²) in [5.74, 6) is 2.20. The monoisotopic (exact) mass is 462 g/mol. The van der Waals surface area contributed by atoms with Crippen LogP contribution in [0.2, 0.25) is 0 Å². The normalized spacial score (nSPS) is 15.7. The summed E-state index contributed by atoms with van der Waals surface area (Å²) in [6.07, 6.45) is 8.39. The number of nitriles is 1. The highest BCUT2D eigenvalue weighted by Gasteiger charge is 2.34. The van der Waals surface area contributed by atoms with Crippen LogP contribution in [0, 0.1) is 18.3 Å². The highest BCUT2D eigenvalue weighted by atomic mass is 32.2. The third-order valence-electron chi connectivity index (χ3n) is 5.50. The van der Waals surface area contributed by atoms with Crippen LogP contribution in [0.15, 0.2) is 30.6 Å². The number of sulfonamides is 1. The first-order chi connectivity index (χ1) is 15.8. The summed E-state index contributed by atoms with van der Waals surface area (Å²) < 4.78 is 32.6. The Balaban J connectivity index is 1.59. The molecule has 10 heteroatoms. The maximum absolute atomic E-state index is 12.0. The van der Waals surface area contributed by atoms with Gasteiger partial charge in [-0.05, 0) is 50.8 Å². The zero-order valence-electron chi connectivity index (χ0n) is 18.2. The Morgan fingerprint density at radius 2 is 1.85 bits per heavy atom. The highest BCUT2D eigenvalue weighted by Crippen LogP contribution is 2.47. The lowest BCUT2D eigenvalue weighted by atomic mass is 10.1. The molecule has 3 aromatic heterocycles. The number of pyridine rings is 2. The molecule has 0 aromatic carbocycles. The van der Waals surface area contributed by atoms with E-state index in [0.29, 0.717) is 40.1 Å². The minimum absolute atomic E-state index is 0.0908. The van der Waals surface area contributed by atoms with E-state index in [4.69, 9.17) is 9.72 Å². The van der Waals surface area contributed by atoms with Gasteiger partial charge in [0.2, 0.25) is 15.9 Å². The van der Waals surface area contributed by atoms with Gasteiger partial charge in [0.25, 0.3) is 0 Å². The van der Waals surface area contributed by atoms with Gasteiger partial charge in [-0.15, -0.1) is 0 Å². The topological polar surface area (TPSA) is 131 Å². The van der Waals surface area contributed by atoms with Crippen molar-refractivity contribution in [2.24, 2.45) is 0 Å². The number of anilines is 1. The molecule has 2 saturated carbocycles. The van der Waals surface area contributed by atoms with Gasteiger partial charge in [0.05, 0.1) is 28.9 Å². The first kappa shape index (κ1) is 21.3. The second-order valence-electron chi connectivity index (χ2n) is 8.53. The zero-order valence-corrected chi connectivity index (χ0v) is 19.1. The van der Waals surface area contributed by atoms with Crippen molar-refractivity contribution in [2.75, 3.05) is 11.0 Å². The molecule has 2 aliphatic carbocycles. The lowest BCUT2D eigenvalue weighted by Gasteiger charge is -2.16. The van der Waals surface area contributed by atoms with Crippen LogP contribution in [0.5, 0.6) is 11.6 Å². The lowest BCUT2D eigenvalue weighted by Crippen LogP contribution is -2.12. The average Bonchev–Trinajstić information content (AvgIpc) is 3.68. The number of aromatic nitrogens is 4. The molecule has 168 valence electrons. The molecule has 2 aliphatic rings. The van der Waals surface area contributed by atoms with Crippen molar-refractivity contribution in [2.45, 2.75) is 44.4 Å². The van der Waals surface area contributed by atoms with Gasteiger partial charge in [0.15, 0.2) is 5.75 Å². The van der Waals surface area contributed by atoms with Gasteiger partial charge in [0, 0.05) is 29.8 Å². The number of nitrogens with zero attached hydrogens (tertiary/aromatic N) is 5. The quantitative estimate of drug-likeness (QED) is 0.557. The average molecular weight is 463 g/mol. The Labute approximate surface area is 192 Å². The molecule has 0 atom stereocenters. The van der Waals surface area contributed by atoms with Gasteiger partial charge in [0.1, 0.15) is 17.6 Å². The summed E-state index contributed by atoms with van der Waals surface area (Å²) in [5, 5.41) is 9.19. The van der Waals surface area contributed by atoms with Gasteiger partial charge in [-0.1, -0.05) is 0 Å². The minimum Gasteiger partial charge on any atom is -0.433 e. The summed E-state index contributed by atoms with van der Waals surface area (Å²) >= 11 is 0. The number of ether oxygens (including phenoxy) is 1. The maximum Gasteiger partial charge on any atom is 0.244 e. The molecule has 0 aliphatic heterocycles. The number of rotatable bonds is 7. The fourth-order valence-electron chi connectivity index (χ4n) is 3.59. The molecule has 0 bridgehead atoms. The first-order valence-corrected chi connectivity index (χ1v) is 12.6. The van der Waals surface area contributed by atoms with Crippen molar-refractivity contribution in [3.05, 3.63) is 53.4 Å². The smallest absolute Gasteiger partial charge is 0.244 e. The van der Waals surface area contributed by atoms with E-state index >= 15 is 0 Å². The Morgan fingerprint density at radius 3 is 2.52 bits per heavy atom. The fourth-order valence-corrected chi connectivity index (χ4v) is 4.14. The van der Waals surface area contributed by atoms with E-state index in [-0.39, 0.29) is 11.6 Å². The van der Waals surface area contributed by atoms with Crippen LogP contribution >= 0.6 is 0 Å². The molecule has 3 aromatic rings. The molecular weight excluding hydrogens is 440 g/mol. The largest absolute Gasteiger partial charge is 0.433 e. The third kappa shape index (κ3) is 4.78. The summed E-state index contributed by atoms with van der Waals surface area (Å²) in [5.41, 5.74) is 3.28. The lowest BCUT2D eigenvalue weighted by molar-refractivity contribution is 0.448. The maximum atomic E-state index is 12.0. The molecule has 0 unspecified atom stereocenters. The van der Waals surface area contributed by atoms with Gasteiger partial charge >= 0.3 is 0 Å². The van der Waals surface area contributed by atoms with Gasteiger partial charge in [-0.3, -0.25) is 9.71 Å². The standard InChI is InChI=1S/C23H22N6O3S/c1-13-21(20(15-3-4-15)28-22(26-13)16-5-6-16)32-23-19(29-33(2,30)31)8-7-18(27-23)17-9-14(10-24)11-25-12-17/h7-9,11-12,15-16,29H,3-6H2,1-2H3. The molecule has 0 spiro atoms. The van der Waals surface area contributed by atoms with Gasteiger partial charge in [-0.25, -0.2) is 23.4 Å². The Morgan fingerprint density at radius 1 is 1.09 bits per heavy atom. The van der Waals surface area contributed by atoms with E-state index in [1.807, 2.05) is 6.92 Å². The van der Waals surface area contributed by atoms with E-state index in [1.165, 1.54) is 6.20 Å². The third-order valence-corrected chi connectivity index (χ3v) is 6.09. The highest BCUT2D eigenvalue weighted by molar-refractivity contribution is 7.92. The van der Waals surface area contributed by atoms with E-state index < -0.39 is 10.0 Å². The van der Waals surface area contributed by atoms with E-state index in [9.17, 15) is 13.7 Å². The molecule has 0 radical (unpaired) electrons. The van der Waals surface area contributed by atoms with Crippen molar-refractivity contribution in [3.8, 4) is 29.0 Å². The van der Waals surface area contributed by atoms with Crippen LogP contribution < -0.4 is 9.46 Å². The Bertz CT molecular complexity index is 1390. The molecule has 2 fully saturated rings. The van der Waals surface area contributed by atoms with Crippen molar-refractivity contribution >= 4 is 15.7 Å². The summed E-state index contributed by atoms with van der Waals surface area (Å²) in [4.78, 5) is 18.1. The first-order valence-electron chi connectivity index (χ1n) is 10.7. The molecule has 0 saturated heterocycles. The predicted octanol–water partition coefficient (Wildman–Crippen LogP) is 4.03. The molecule has 9 nitrogen and oxygen atoms in total. The second kappa shape index (κ2) is 8.08. The number of hydrogen-bond acceptors (Lipinski definition) is 8. The van der Waals surface area contributed by atoms with Crippen LogP contribution in [0.25, 0.3) is 11.3 Å². The van der Waals surface area contributed by atoms with E-state index in [0.717, 1.165) is 43.5 Å². The van der Waals surface area contributed by atoms with E-state index in [2.05, 4.69) is 25.7 Å². The van der Waals surface area contributed by atoms with E-state index in [1.54, 1.807) is 24.4 Å². The molecule has 1 N–H and O–H groups in total. The second-order valence-corrected chi connectivity index (χ2v) is 10.3. The molecule has 5 rings (SSSR count). The van der Waals surface area contributed by atoms with Crippen LogP contribution in [-0.2, 0) is 10.0 Å². The fraction of sp³-hybridized carbons (Fsp3) is 0.348. The van der Waals surface area contributed by atoms with Crippen LogP contribution in [0.3, 0.4) is 0 Å². The number of nitrogens with one attached hydrogen (secondary N) is 1. The van der Waals surface area contributed by atoms with Crippen molar-refractivity contribution in [1.82, 2.24) is 19.9 Å². The van der Waals surface area contributed by atoms with Crippen LogP contribution in [-0.4, -0.2) is 34.6 Å². The number of aryl methyl sites for hydroxylation is 1. The SMILES string of the molecule is Cc1nc(C2CC2)nc(C2CC2)c1Oc1nc(-c2cncc(C#N)c2)ccc1NS(C)(=O)=O. The summed E-state index contributed by atoms with van der Waals surface area (Å²) in [6.45, 7) is 1.88. The van der Waals surface area contributed by atoms with Gasteiger partial charge < -0.3 is 4.74 Å². The summed E-state index contributed by atoms with van der Waals surface area (Å²) in [7, 11) is -3.57. The van der Waals surface area contributed by atoms with Gasteiger partial charge in [-0.2, -0.15) is 5.26 Å². The molecule has 0 amide bonds. The molecule has 3 heterocycles. The Hall–Kier alpha value is -3.58. The van der Waals surface area contributed by atoms with Crippen molar-refractivity contribution in [1.29, 1.82) is 5.26 Å². The molecular formula is C23H22N6O3S. The van der Waals surface area contributed by atoms with Crippen LogP contribution in [0.4, 0.5) is 5.69 Å². The van der Waals surface area contributed by atoms with Crippen molar-refractivity contribution in [3.63, 3.8) is 0 Å². The minimum atomic E-state index is -3.57. The Kier molecular flexibility index (Phi) is 5.21. The van der Waals surface area contributed by atoms with Crippen molar-refractivity contribution < 1.29 is 13.2 Å². The molecule has 33 heavy (non-hydrogen) atoms.